The summed E-state index contributed by atoms with van der Waals surface area (Å²) in [6, 6.07) is 5.41. The standard InChI is InChI=1S/C17H20O3/c1-5-13-10-16(18)20-15-9-12(4)8-14(17(13)15)19-7-6-11(2)3/h6,8-10H,5,7H2,1-4H3. The second-order valence-corrected chi connectivity index (χ2v) is 5.17. The Hall–Kier alpha value is -2.03. The van der Waals surface area contributed by atoms with Crippen LogP contribution < -0.4 is 10.4 Å². The predicted molar refractivity (Wildman–Crippen MR) is 81.5 cm³/mol. The molecule has 1 heterocycles. The highest BCUT2D eigenvalue weighted by molar-refractivity contribution is 5.87. The van der Waals surface area contributed by atoms with E-state index in [-0.39, 0.29) is 5.63 Å². The minimum atomic E-state index is -0.310. The zero-order valence-electron chi connectivity index (χ0n) is 12.4. The molecule has 0 saturated heterocycles. The molecule has 0 fully saturated rings. The van der Waals surface area contributed by atoms with Crippen LogP contribution in [0.2, 0.25) is 0 Å². The molecule has 0 aliphatic heterocycles. The Morgan fingerprint density at radius 2 is 2.05 bits per heavy atom. The van der Waals surface area contributed by atoms with Gasteiger partial charge in [0.25, 0.3) is 0 Å². The van der Waals surface area contributed by atoms with Gasteiger partial charge in [0.05, 0.1) is 5.39 Å². The summed E-state index contributed by atoms with van der Waals surface area (Å²) < 4.78 is 11.2. The van der Waals surface area contributed by atoms with Crippen LogP contribution in [0.3, 0.4) is 0 Å². The molecule has 1 aromatic heterocycles. The summed E-state index contributed by atoms with van der Waals surface area (Å²) in [4.78, 5) is 11.6. The molecule has 2 aromatic rings. The number of hydrogen-bond acceptors (Lipinski definition) is 3. The summed E-state index contributed by atoms with van der Waals surface area (Å²) in [5, 5.41) is 0.903. The molecule has 0 bridgehead atoms. The van der Waals surface area contributed by atoms with Gasteiger partial charge in [-0.05, 0) is 56.5 Å². The highest BCUT2D eigenvalue weighted by atomic mass is 16.5. The fraction of sp³-hybridized carbons (Fsp3) is 0.353. The molecular weight excluding hydrogens is 252 g/mol. The number of rotatable bonds is 4. The molecule has 0 aliphatic carbocycles. The zero-order chi connectivity index (χ0) is 14.7. The lowest BCUT2D eigenvalue weighted by molar-refractivity contribution is 0.365. The van der Waals surface area contributed by atoms with E-state index in [4.69, 9.17) is 9.15 Å². The van der Waals surface area contributed by atoms with Gasteiger partial charge in [-0.2, -0.15) is 0 Å². The van der Waals surface area contributed by atoms with Crippen LogP contribution in [-0.4, -0.2) is 6.61 Å². The minimum absolute atomic E-state index is 0.310. The number of ether oxygens (including phenoxy) is 1. The van der Waals surface area contributed by atoms with E-state index in [0.29, 0.717) is 12.2 Å². The van der Waals surface area contributed by atoms with Gasteiger partial charge in [0.1, 0.15) is 17.9 Å². The predicted octanol–water partition coefficient (Wildman–Crippen LogP) is 4.01. The van der Waals surface area contributed by atoms with Crippen LogP contribution in [-0.2, 0) is 6.42 Å². The number of benzene rings is 1. The van der Waals surface area contributed by atoms with E-state index < -0.39 is 0 Å². The SMILES string of the molecule is CCc1cc(=O)oc2cc(C)cc(OCC=C(C)C)c12. The second-order valence-electron chi connectivity index (χ2n) is 5.17. The summed E-state index contributed by atoms with van der Waals surface area (Å²) in [5.41, 5.74) is 3.48. The van der Waals surface area contributed by atoms with Gasteiger partial charge in [-0.1, -0.05) is 12.5 Å². The molecule has 20 heavy (non-hydrogen) atoms. The maximum absolute atomic E-state index is 11.6. The number of fused-ring (bicyclic) bond motifs is 1. The molecule has 0 saturated carbocycles. The van der Waals surface area contributed by atoms with E-state index in [2.05, 4.69) is 0 Å². The summed E-state index contributed by atoms with van der Waals surface area (Å²) >= 11 is 0. The van der Waals surface area contributed by atoms with Crippen LogP contribution in [0.4, 0.5) is 0 Å². The fourth-order valence-corrected chi connectivity index (χ4v) is 2.16. The van der Waals surface area contributed by atoms with Gasteiger partial charge in [0.2, 0.25) is 0 Å². The molecule has 1 aromatic carbocycles. The molecule has 0 radical (unpaired) electrons. The molecule has 3 nitrogen and oxygen atoms in total. The normalized spacial score (nSPS) is 10.6. The first-order valence-electron chi connectivity index (χ1n) is 6.84. The van der Waals surface area contributed by atoms with Crippen LogP contribution in [0, 0.1) is 6.92 Å². The quantitative estimate of drug-likeness (QED) is 0.623. The van der Waals surface area contributed by atoms with E-state index in [1.54, 1.807) is 6.07 Å². The molecular formula is C17H20O3. The second kappa shape index (κ2) is 5.95. The third kappa shape index (κ3) is 3.10. The van der Waals surface area contributed by atoms with E-state index >= 15 is 0 Å². The van der Waals surface area contributed by atoms with Crippen molar-refractivity contribution in [3.63, 3.8) is 0 Å². The number of hydrogen-bond donors (Lipinski definition) is 0. The van der Waals surface area contributed by atoms with Gasteiger partial charge >= 0.3 is 5.63 Å². The molecule has 0 spiro atoms. The van der Waals surface area contributed by atoms with Crippen LogP contribution in [0.1, 0.15) is 31.9 Å². The minimum Gasteiger partial charge on any atom is -0.489 e. The van der Waals surface area contributed by atoms with Gasteiger partial charge in [-0.3, -0.25) is 0 Å². The monoisotopic (exact) mass is 272 g/mol. The Kier molecular flexibility index (Phi) is 4.28. The highest BCUT2D eigenvalue weighted by Crippen LogP contribution is 2.30. The van der Waals surface area contributed by atoms with Crippen molar-refractivity contribution < 1.29 is 9.15 Å². The summed E-state index contributed by atoms with van der Waals surface area (Å²) in [6.45, 7) is 8.57. The van der Waals surface area contributed by atoms with Crippen molar-refractivity contribution in [3.05, 3.63) is 51.4 Å². The van der Waals surface area contributed by atoms with Crippen molar-refractivity contribution in [1.82, 2.24) is 0 Å². The maximum atomic E-state index is 11.6. The Labute approximate surface area is 118 Å². The smallest absolute Gasteiger partial charge is 0.336 e. The maximum Gasteiger partial charge on any atom is 0.336 e. The first kappa shape index (κ1) is 14.4. The Bertz CT molecular complexity index is 704. The Morgan fingerprint density at radius 1 is 1.30 bits per heavy atom. The van der Waals surface area contributed by atoms with Crippen LogP contribution in [0.25, 0.3) is 11.0 Å². The molecule has 0 amide bonds. The zero-order valence-corrected chi connectivity index (χ0v) is 12.4. The van der Waals surface area contributed by atoms with Gasteiger partial charge in [0, 0.05) is 6.07 Å². The van der Waals surface area contributed by atoms with Crippen LogP contribution in [0.5, 0.6) is 5.75 Å². The molecule has 106 valence electrons. The number of allylic oxidation sites excluding steroid dienone is 1. The van der Waals surface area contributed by atoms with Crippen molar-refractivity contribution in [2.45, 2.75) is 34.1 Å². The first-order valence-corrected chi connectivity index (χ1v) is 6.84. The molecule has 0 aliphatic rings. The average molecular weight is 272 g/mol. The lowest BCUT2D eigenvalue weighted by Crippen LogP contribution is -2.03. The topological polar surface area (TPSA) is 39.4 Å². The van der Waals surface area contributed by atoms with Gasteiger partial charge in [-0.15, -0.1) is 0 Å². The molecule has 0 unspecified atom stereocenters. The third-order valence-corrected chi connectivity index (χ3v) is 3.15. The Morgan fingerprint density at radius 3 is 2.70 bits per heavy atom. The first-order chi connectivity index (χ1) is 9.51. The van der Waals surface area contributed by atoms with Crippen molar-refractivity contribution in [2.75, 3.05) is 6.61 Å². The molecule has 0 atom stereocenters. The largest absolute Gasteiger partial charge is 0.489 e. The van der Waals surface area contributed by atoms with Gasteiger partial charge in [0.15, 0.2) is 0 Å². The van der Waals surface area contributed by atoms with E-state index in [9.17, 15) is 4.79 Å². The summed E-state index contributed by atoms with van der Waals surface area (Å²) in [6.07, 6.45) is 2.79. The van der Waals surface area contributed by atoms with Crippen LogP contribution in [0.15, 0.2) is 39.1 Å². The fourth-order valence-electron chi connectivity index (χ4n) is 2.16. The van der Waals surface area contributed by atoms with Crippen molar-refractivity contribution >= 4 is 11.0 Å². The van der Waals surface area contributed by atoms with Gasteiger partial charge < -0.3 is 9.15 Å². The van der Waals surface area contributed by atoms with Crippen LogP contribution >= 0.6 is 0 Å². The van der Waals surface area contributed by atoms with Crippen molar-refractivity contribution in [1.29, 1.82) is 0 Å². The summed E-state index contributed by atoms with van der Waals surface area (Å²) in [5.74, 6) is 0.776. The average Bonchev–Trinajstić information content (AvgIpc) is 2.36. The summed E-state index contributed by atoms with van der Waals surface area (Å²) in [7, 11) is 0. The van der Waals surface area contributed by atoms with Crippen molar-refractivity contribution in [2.24, 2.45) is 0 Å². The van der Waals surface area contributed by atoms with Crippen molar-refractivity contribution in [3.8, 4) is 5.75 Å². The lowest BCUT2D eigenvalue weighted by Gasteiger charge is -2.11. The lowest BCUT2D eigenvalue weighted by atomic mass is 10.1. The Balaban J connectivity index is 2.57. The number of aryl methyl sites for hydroxylation is 2. The molecule has 0 N–H and O–H groups in total. The molecule has 2 rings (SSSR count). The van der Waals surface area contributed by atoms with E-state index in [1.807, 2.05) is 45.9 Å². The molecule has 3 heteroatoms. The highest BCUT2D eigenvalue weighted by Gasteiger charge is 2.11. The van der Waals surface area contributed by atoms with E-state index in [1.165, 1.54) is 5.57 Å². The third-order valence-electron chi connectivity index (χ3n) is 3.15. The van der Waals surface area contributed by atoms with Gasteiger partial charge in [-0.25, -0.2) is 4.79 Å². The van der Waals surface area contributed by atoms with E-state index in [0.717, 1.165) is 28.7 Å².